The van der Waals surface area contributed by atoms with E-state index in [1.807, 2.05) is 121 Å². The number of benzene rings is 4. The second kappa shape index (κ2) is 22.4. The van der Waals surface area contributed by atoms with Crippen LogP contribution in [0.5, 0.6) is 0 Å². The Kier molecular flexibility index (Phi) is 16.7. The summed E-state index contributed by atoms with van der Waals surface area (Å²) < 4.78 is 3.22. The Hall–Kier alpha value is -4.71. The van der Waals surface area contributed by atoms with Crippen molar-refractivity contribution in [3.8, 4) is 0 Å². The van der Waals surface area contributed by atoms with Crippen molar-refractivity contribution in [3.63, 3.8) is 0 Å². The molecule has 0 saturated carbocycles. The van der Waals surface area contributed by atoms with Crippen LogP contribution in [0, 0.1) is 0 Å². The lowest BCUT2D eigenvalue weighted by Crippen LogP contribution is -2.54. The molecule has 3 N–H and O–H groups in total. The molecule has 0 spiro atoms. The van der Waals surface area contributed by atoms with E-state index in [0.29, 0.717) is 80.7 Å². The number of nitrogens with one attached hydrogen (secondary N) is 3. The number of hydrogen-bond donors (Lipinski definition) is 3. The van der Waals surface area contributed by atoms with Gasteiger partial charge in [-0.3, -0.25) is 32.5 Å². The van der Waals surface area contributed by atoms with Gasteiger partial charge < -0.3 is 30.2 Å². The van der Waals surface area contributed by atoms with Crippen LogP contribution in [0.4, 0.5) is 11.4 Å². The first kappa shape index (κ1) is 49.2. The van der Waals surface area contributed by atoms with Gasteiger partial charge in [0.25, 0.3) is 11.8 Å². The first-order valence-electron chi connectivity index (χ1n) is 23.5. The number of Topliss-reactive ketones (excluding diaryl/α,β-unsaturated/α-hetero) is 2. The lowest BCUT2D eigenvalue weighted by molar-refractivity contribution is 0.0535. The molecular weight excluding hydrogens is 942 g/mol. The smallest absolute Gasteiger partial charge is 0.253 e. The van der Waals surface area contributed by atoms with E-state index in [-0.39, 0.29) is 23.4 Å². The number of carbonyl (C=O) groups is 4. The van der Waals surface area contributed by atoms with Gasteiger partial charge in [0, 0.05) is 142 Å². The van der Waals surface area contributed by atoms with Crippen LogP contribution >= 0.6 is 22.9 Å². The van der Waals surface area contributed by atoms with Crippen LogP contribution in [0.3, 0.4) is 0 Å². The molecule has 0 radical (unpaired) electrons. The summed E-state index contributed by atoms with van der Waals surface area (Å²) in [5, 5.41) is 6.79. The number of ketones is 2. The van der Waals surface area contributed by atoms with Crippen molar-refractivity contribution in [1.29, 1.82) is 0 Å². The molecule has 2 amide bonds. The van der Waals surface area contributed by atoms with E-state index in [2.05, 4.69) is 78.0 Å². The summed E-state index contributed by atoms with van der Waals surface area (Å²) in [4.78, 5) is 68.6. The lowest BCUT2D eigenvalue weighted by atomic mass is 9.79. The Bertz CT molecular complexity index is 2250. The third kappa shape index (κ3) is 11.0. The summed E-state index contributed by atoms with van der Waals surface area (Å²) in [6.45, 7) is 12.0. The summed E-state index contributed by atoms with van der Waals surface area (Å²) >= 11 is 2.14. The monoisotopic (exact) mass is 1010 g/mol. The van der Waals surface area contributed by atoms with Crippen molar-refractivity contribution >= 4 is 57.6 Å². The van der Waals surface area contributed by atoms with Crippen molar-refractivity contribution in [2.24, 2.45) is 0 Å². The van der Waals surface area contributed by atoms with Crippen molar-refractivity contribution in [2.45, 2.75) is 43.7 Å². The molecular formula is C52H68IN9O4. The number of rotatable bonds is 18. The molecule has 0 bridgehead atoms. The van der Waals surface area contributed by atoms with Gasteiger partial charge in [-0.05, 0) is 138 Å². The Morgan fingerprint density at radius 3 is 1.23 bits per heavy atom. The molecule has 7 rings (SSSR count). The molecule has 3 aliphatic heterocycles. The van der Waals surface area contributed by atoms with Gasteiger partial charge in [0.2, 0.25) is 0 Å². The van der Waals surface area contributed by atoms with Crippen molar-refractivity contribution in [3.05, 3.63) is 130 Å². The van der Waals surface area contributed by atoms with E-state index in [1.165, 1.54) is 0 Å². The van der Waals surface area contributed by atoms with Gasteiger partial charge in [0.05, 0.1) is 11.1 Å². The minimum atomic E-state index is -0.798. The molecule has 14 heteroatoms. The number of hydrogen-bond acceptors (Lipinski definition) is 11. The maximum atomic E-state index is 14.5. The minimum Gasteiger partial charge on any atom is -0.369 e. The fourth-order valence-corrected chi connectivity index (χ4v) is 10.1. The van der Waals surface area contributed by atoms with Crippen molar-refractivity contribution in [2.75, 3.05) is 123 Å². The zero-order chi connectivity index (χ0) is 46.8. The Labute approximate surface area is 405 Å². The van der Waals surface area contributed by atoms with E-state index in [9.17, 15) is 19.2 Å². The summed E-state index contributed by atoms with van der Waals surface area (Å²) in [7, 11) is 7.88. The SMILES string of the molecule is CCC(Cc1ccc(C(=O)N2CCN(C(=O)c3ccc(CC(CCNI)(C(=O)c4ccc(N5CCNCC5)cc4)N(C)C)cc3)CC2)cc1)(C(=O)c1ccc(N2CCNCC2)cc1)N(C)C. The topological polar surface area (TPSA) is 124 Å². The maximum Gasteiger partial charge on any atom is 0.253 e. The highest BCUT2D eigenvalue weighted by molar-refractivity contribution is 14.1. The number of piperazine rings is 3. The number of carbonyl (C=O) groups excluding carboxylic acids is 4. The second-order valence-corrected chi connectivity index (χ2v) is 19.2. The van der Waals surface area contributed by atoms with Crippen LogP contribution < -0.4 is 24.0 Å². The lowest BCUT2D eigenvalue weighted by Gasteiger charge is -2.39. The summed E-state index contributed by atoms with van der Waals surface area (Å²) in [5.41, 5.74) is 5.25. The average molecular weight is 1010 g/mol. The normalized spacial score (nSPS) is 17.7. The molecule has 66 heavy (non-hydrogen) atoms. The molecule has 3 saturated heterocycles. The van der Waals surface area contributed by atoms with Crippen LogP contribution in [-0.4, -0.2) is 167 Å². The number of nitrogens with zero attached hydrogens (tertiary/aromatic N) is 6. The van der Waals surface area contributed by atoms with E-state index in [0.717, 1.165) is 74.9 Å². The second-order valence-electron chi connectivity index (χ2n) is 18.4. The number of halogens is 1. The molecule has 3 heterocycles. The van der Waals surface area contributed by atoms with Crippen molar-refractivity contribution < 1.29 is 19.2 Å². The highest BCUT2D eigenvalue weighted by Crippen LogP contribution is 2.31. The van der Waals surface area contributed by atoms with Gasteiger partial charge in [0.15, 0.2) is 11.6 Å². The van der Waals surface area contributed by atoms with Gasteiger partial charge in [-0.25, -0.2) is 0 Å². The van der Waals surface area contributed by atoms with E-state index < -0.39 is 11.1 Å². The molecule has 2 unspecified atom stereocenters. The van der Waals surface area contributed by atoms with Gasteiger partial charge in [-0.1, -0.05) is 31.2 Å². The number of likely N-dealkylation sites (N-methyl/N-ethyl adjacent to an activating group) is 2. The van der Waals surface area contributed by atoms with Crippen LogP contribution in [-0.2, 0) is 12.8 Å². The molecule has 4 aromatic rings. The molecule has 0 aliphatic carbocycles. The molecule has 3 fully saturated rings. The molecule has 4 aromatic carbocycles. The maximum absolute atomic E-state index is 14.5. The molecule has 3 aliphatic rings. The van der Waals surface area contributed by atoms with E-state index in [1.54, 1.807) is 0 Å². The zero-order valence-electron chi connectivity index (χ0n) is 39.5. The van der Waals surface area contributed by atoms with Crippen LogP contribution in [0.25, 0.3) is 0 Å². The average Bonchev–Trinajstić information content (AvgIpc) is 3.37. The largest absolute Gasteiger partial charge is 0.369 e. The Balaban J connectivity index is 0.948. The molecule has 13 nitrogen and oxygen atoms in total. The van der Waals surface area contributed by atoms with Crippen LogP contribution in [0.15, 0.2) is 97.1 Å². The first-order chi connectivity index (χ1) is 31.9. The molecule has 0 aromatic heterocycles. The predicted octanol–water partition coefficient (Wildman–Crippen LogP) is 5.30. The van der Waals surface area contributed by atoms with Gasteiger partial charge >= 0.3 is 0 Å². The minimum absolute atomic E-state index is 0.0693. The van der Waals surface area contributed by atoms with Crippen LogP contribution in [0.2, 0.25) is 0 Å². The Morgan fingerprint density at radius 1 is 0.530 bits per heavy atom. The summed E-state index contributed by atoms with van der Waals surface area (Å²) in [6, 6.07) is 31.4. The zero-order valence-corrected chi connectivity index (χ0v) is 41.6. The van der Waals surface area contributed by atoms with Gasteiger partial charge in [-0.2, -0.15) is 0 Å². The quantitative estimate of drug-likeness (QED) is 0.0685. The number of anilines is 2. The third-order valence-corrected chi connectivity index (χ3v) is 14.8. The molecule has 352 valence electrons. The summed E-state index contributed by atoms with van der Waals surface area (Å²) in [5.74, 6) is 0.0247. The first-order valence-corrected chi connectivity index (χ1v) is 24.6. The number of amides is 2. The fourth-order valence-electron chi connectivity index (χ4n) is 9.88. The highest BCUT2D eigenvalue weighted by Gasteiger charge is 2.42. The van der Waals surface area contributed by atoms with E-state index in [4.69, 9.17) is 0 Å². The standard InChI is InChI=1S/C52H68IN9O4/c1-6-51(57(2)3,47(63)41-15-19-45(20-16-41)59-29-25-54-26-30-59)37-39-7-11-43(12-8-39)49(65)61-33-35-62(36-34-61)50(66)44-13-9-40(10-14-44)38-52(58(4)5,23-24-56-53)48(64)42-17-21-46(22-18-42)60-31-27-55-28-32-60/h7-22,54-56H,6,23-38H2,1-5H3. The Morgan fingerprint density at radius 2 is 0.879 bits per heavy atom. The fraction of sp³-hybridized carbons (Fsp3) is 0.462. The summed E-state index contributed by atoms with van der Waals surface area (Å²) in [6.07, 6.45) is 2.25. The van der Waals surface area contributed by atoms with Gasteiger partial charge in [-0.15, -0.1) is 0 Å². The highest BCUT2D eigenvalue weighted by atomic mass is 127. The van der Waals surface area contributed by atoms with E-state index >= 15 is 0 Å². The van der Waals surface area contributed by atoms with Crippen molar-refractivity contribution in [1.82, 2.24) is 33.8 Å². The third-order valence-electron chi connectivity index (χ3n) is 14.2. The predicted molar refractivity (Wildman–Crippen MR) is 274 cm³/mol. The molecule has 2 atom stereocenters. The van der Waals surface area contributed by atoms with Crippen LogP contribution in [0.1, 0.15) is 72.3 Å². The van der Waals surface area contributed by atoms with Gasteiger partial charge in [0.1, 0.15) is 0 Å².